The lowest BCUT2D eigenvalue weighted by molar-refractivity contribution is -0.110. The Morgan fingerprint density at radius 1 is 1.41 bits per heavy atom. The molecule has 3 nitrogen and oxygen atoms in total. The van der Waals surface area contributed by atoms with Crippen molar-refractivity contribution >= 4 is 34.6 Å². The number of halogens is 1. The zero-order valence-electron chi connectivity index (χ0n) is 8.61. The Hall–Kier alpha value is -2.01. The van der Waals surface area contributed by atoms with Crippen LogP contribution < -0.4 is 5.32 Å². The van der Waals surface area contributed by atoms with Gasteiger partial charge in [-0.25, -0.2) is 9.37 Å². The number of fused-ring (bicyclic) bond motifs is 1. The first-order chi connectivity index (χ1) is 8.24. The van der Waals surface area contributed by atoms with Crippen molar-refractivity contribution in [3.05, 3.63) is 46.2 Å². The van der Waals surface area contributed by atoms with Crippen LogP contribution in [0.25, 0.3) is 11.6 Å². The van der Waals surface area contributed by atoms with Gasteiger partial charge in [-0.05, 0) is 24.3 Å². The van der Waals surface area contributed by atoms with Crippen LogP contribution in [0.1, 0.15) is 10.6 Å². The third-order valence-corrected chi connectivity index (χ3v) is 3.21. The Balaban J connectivity index is 2.13. The summed E-state index contributed by atoms with van der Waals surface area (Å²) in [6.45, 7) is 0. The van der Waals surface area contributed by atoms with Crippen molar-refractivity contribution in [2.24, 2.45) is 0 Å². The summed E-state index contributed by atoms with van der Waals surface area (Å²) in [6, 6.07) is 4.24. The first-order valence-corrected chi connectivity index (χ1v) is 5.84. The van der Waals surface area contributed by atoms with Crippen LogP contribution in [0.3, 0.4) is 0 Å². The highest BCUT2D eigenvalue weighted by Gasteiger charge is 2.24. The fraction of sp³-hybridized carbons (Fsp3) is 0. The van der Waals surface area contributed by atoms with Crippen LogP contribution in [-0.4, -0.2) is 10.9 Å². The van der Waals surface area contributed by atoms with Crippen molar-refractivity contribution in [2.75, 3.05) is 5.32 Å². The molecular formula is C12H7FN2OS. The molecule has 0 saturated carbocycles. The molecule has 17 heavy (non-hydrogen) atoms. The Bertz CT molecular complexity index is 619. The van der Waals surface area contributed by atoms with E-state index in [4.69, 9.17) is 0 Å². The molecule has 5 heteroatoms. The number of benzene rings is 1. The number of anilines is 1. The summed E-state index contributed by atoms with van der Waals surface area (Å²) in [5, 5.41) is 5.24. The van der Waals surface area contributed by atoms with Gasteiger partial charge in [0.25, 0.3) is 5.91 Å². The summed E-state index contributed by atoms with van der Waals surface area (Å²) >= 11 is 1.43. The molecule has 2 heterocycles. The van der Waals surface area contributed by atoms with Gasteiger partial charge in [-0.3, -0.25) is 4.79 Å². The monoisotopic (exact) mass is 246 g/mol. The summed E-state index contributed by atoms with van der Waals surface area (Å²) < 4.78 is 13.2. The summed E-state index contributed by atoms with van der Waals surface area (Å²) in [5.41, 5.74) is 1.68. The number of carbonyl (C=O) groups is 1. The average molecular weight is 246 g/mol. The predicted molar refractivity (Wildman–Crippen MR) is 65.0 cm³/mol. The van der Waals surface area contributed by atoms with Crippen molar-refractivity contribution in [1.29, 1.82) is 0 Å². The van der Waals surface area contributed by atoms with E-state index in [2.05, 4.69) is 10.3 Å². The van der Waals surface area contributed by atoms with E-state index in [-0.39, 0.29) is 11.7 Å². The maximum Gasteiger partial charge on any atom is 0.256 e. The molecule has 3 rings (SSSR count). The van der Waals surface area contributed by atoms with Crippen LogP contribution in [0.5, 0.6) is 0 Å². The van der Waals surface area contributed by atoms with E-state index in [1.54, 1.807) is 18.3 Å². The SMILES string of the molecule is O=C1Nc2ccc(F)cc2/C1=C/c1nccs1. The maximum atomic E-state index is 13.2. The van der Waals surface area contributed by atoms with Crippen LogP contribution in [0.2, 0.25) is 0 Å². The zero-order chi connectivity index (χ0) is 11.8. The summed E-state index contributed by atoms with van der Waals surface area (Å²) in [7, 11) is 0. The number of carbonyl (C=O) groups excluding carboxylic acids is 1. The van der Waals surface area contributed by atoms with Crippen molar-refractivity contribution in [1.82, 2.24) is 4.98 Å². The minimum absolute atomic E-state index is 0.221. The molecule has 0 fully saturated rings. The number of hydrogen-bond acceptors (Lipinski definition) is 3. The highest BCUT2D eigenvalue weighted by molar-refractivity contribution is 7.10. The second-order valence-corrected chi connectivity index (χ2v) is 4.50. The number of rotatable bonds is 1. The Morgan fingerprint density at radius 2 is 2.29 bits per heavy atom. The molecule has 1 aromatic carbocycles. The van der Waals surface area contributed by atoms with E-state index in [1.165, 1.54) is 23.5 Å². The molecule has 2 aromatic rings. The second kappa shape index (κ2) is 3.78. The predicted octanol–water partition coefficient (Wildman–Crippen LogP) is 2.77. The van der Waals surface area contributed by atoms with E-state index in [0.29, 0.717) is 16.8 Å². The molecule has 0 atom stereocenters. The zero-order valence-corrected chi connectivity index (χ0v) is 9.42. The van der Waals surface area contributed by atoms with E-state index in [1.807, 2.05) is 5.38 Å². The third kappa shape index (κ3) is 1.74. The van der Waals surface area contributed by atoms with Crippen LogP contribution in [-0.2, 0) is 4.79 Å². The summed E-state index contributed by atoms with van der Waals surface area (Å²) in [6.07, 6.45) is 3.33. The molecule has 0 bridgehead atoms. The lowest BCUT2D eigenvalue weighted by atomic mass is 10.1. The van der Waals surface area contributed by atoms with Gasteiger partial charge in [-0.1, -0.05) is 0 Å². The molecule has 0 unspecified atom stereocenters. The van der Waals surface area contributed by atoms with Crippen LogP contribution in [0.4, 0.5) is 10.1 Å². The number of aromatic nitrogens is 1. The number of nitrogens with one attached hydrogen (secondary N) is 1. The number of hydrogen-bond donors (Lipinski definition) is 1. The highest BCUT2D eigenvalue weighted by Crippen LogP contribution is 2.33. The highest BCUT2D eigenvalue weighted by atomic mass is 32.1. The Kier molecular flexibility index (Phi) is 2.26. The van der Waals surface area contributed by atoms with Gasteiger partial charge in [0.2, 0.25) is 0 Å². The van der Waals surface area contributed by atoms with E-state index >= 15 is 0 Å². The van der Waals surface area contributed by atoms with E-state index in [9.17, 15) is 9.18 Å². The standard InChI is InChI=1S/C12H7FN2OS/c13-7-1-2-10-8(5-7)9(12(16)15-10)6-11-14-3-4-17-11/h1-6H,(H,15,16)/b9-6-. The first-order valence-electron chi connectivity index (χ1n) is 4.96. The number of thiazole rings is 1. The minimum Gasteiger partial charge on any atom is -0.321 e. The smallest absolute Gasteiger partial charge is 0.256 e. The topological polar surface area (TPSA) is 42.0 Å². The number of amides is 1. The Labute approximate surface area is 101 Å². The summed E-state index contributed by atoms with van der Waals surface area (Å²) in [5.74, 6) is -0.578. The molecule has 1 aromatic heterocycles. The van der Waals surface area contributed by atoms with Crippen molar-refractivity contribution in [3.8, 4) is 0 Å². The minimum atomic E-state index is -0.356. The lowest BCUT2D eigenvalue weighted by Crippen LogP contribution is -2.03. The fourth-order valence-corrected chi connectivity index (χ4v) is 2.30. The van der Waals surface area contributed by atoms with Gasteiger partial charge in [0.1, 0.15) is 10.8 Å². The van der Waals surface area contributed by atoms with Crippen LogP contribution in [0, 0.1) is 5.82 Å². The second-order valence-electron chi connectivity index (χ2n) is 3.57. The molecule has 1 aliphatic heterocycles. The van der Waals surface area contributed by atoms with Crippen LogP contribution >= 0.6 is 11.3 Å². The molecule has 1 amide bonds. The van der Waals surface area contributed by atoms with Crippen molar-refractivity contribution < 1.29 is 9.18 Å². The van der Waals surface area contributed by atoms with Crippen molar-refractivity contribution in [2.45, 2.75) is 0 Å². The molecule has 0 aliphatic carbocycles. The van der Waals surface area contributed by atoms with E-state index < -0.39 is 0 Å². The molecule has 1 aliphatic rings. The van der Waals surface area contributed by atoms with Gasteiger partial charge in [-0.15, -0.1) is 11.3 Å². The van der Waals surface area contributed by atoms with Gasteiger partial charge in [0, 0.05) is 22.8 Å². The lowest BCUT2D eigenvalue weighted by Gasteiger charge is -1.97. The van der Waals surface area contributed by atoms with Crippen LogP contribution in [0.15, 0.2) is 29.8 Å². The Morgan fingerprint density at radius 3 is 3.06 bits per heavy atom. The molecular weight excluding hydrogens is 239 g/mol. The normalized spacial score (nSPS) is 16.1. The molecule has 84 valence electrons. The van der Waals surface area contributed by atoms with Gasteiger partial charge in [-0.2, -0.15) is 0 Å². The first kappa shape index (κ1) is 10.2. The quantitative estimate of drug-likeness (QED) is 0.786. The van der Waals surface area contributed by atoms with Gasteiger partial charge < -0.3 is 5.32 Å². The average Bonchev–Trinajstić information content (AvgIpc) is 2.90. The number of nitrogens with zero attached hydrogens (tertiary/aromatic N) is 1. The van der Waals surface area contributed by atoms with Gasteiger partial charge >= 0.3 is 0 Å². The fourth-order valence-electron chi connectivity index (χ4n) is 1.73. The summed E-state index contributed by atoms with van der Waals surface area (Å²) in [4.78, 5) is 15.8. The van der Waals surface area contributed by atoms with Gasteiger partial charge in [0.15, 0.2) is 0 Å². The molecule has 0 saturated heterocycles. The van der Waals surface area contributed by atoms with Gasteiger partial charge in [0.05, 0.1) is 5.57 Å². The van der Waals surface area contributed by atoms with E-state index in [0.717, 1.165) is 5.01 Å². The molecule has 0 spiro atoms. The maximum absolute atomic E-state index is 13.2. The molecule has 1 N–H and O–H groups in total. The van der Waals surface area contributed by atoms with Crippen molar-refractivity contribution in [3.63, 3.8) is 0 Å². The third-order valence-electron chi connectivity index (χ3n) is 2.48. The largest absolute Gasteiger partial charge is 0.321 e. The molecule has 0 radical (unpaired) electrons.